The molecule has 0 spiro atoms. The monoisotopic (exact) mass is 214 g/mol. The van der Waals surface area contributed by atoms with E-state index >= 15 is 0 Å². The number of benzene rings is 1. The Bertz CT molecular complexity index is 514. The number of ether oxygens (including phenoxy) is 1. The summed E-state index contributed by atoms with van der Waals surface area (Å²) >= 11 is 0. The number of phenolic OH excluding ortho intramolecular Hbond substituents is 1. The maximum Gasteiger partial charge on any atom is 0.147 e. The fourth-order valence-electron chi connectivity index (χ4n) is 1.90. The van der Waals surface area contributed by atoms with Crippen molar-refractivity contribution in [3.8, 4) is 11.5 Å². The van der Waals surface area contributed by atoms with Gasteiger partial charge in [-0.25, -0.2) is 0 Å². The molecule has 0 fully saturated rings. The number of nitrogens with zero attached hydrogens (tertiary/aromatic N) is 2. The molecule has 1 aliphatic rings. The van der Waals surface area contributed by atoms with Gasteiger partial charge < -0.3 is 9.84 Å². The molecule has 1 aliphatic heterocycles. The van der Waals surface area contributed by atoms with Crippen molar-refractivity contribution in [2.24, 2.45) is 0 Å². The van der Waals surface area contributed by atoms with Crippen molar-refractivity contribution in [3.05, 3.63) is 47.8 Å². The Morgan fingerprint density at radius 3 is 2.94 bits per heavy atom. The standard InChI is InChI=1S/C12H10N2O2/c15-10-4-1-5-11-8(10)7-12(16-11)9-3-2-6-13-14-9/h1-6,12,15H,7H2. The number of aromatic hydroxyl groups is 1. The predicted molar refractivity (Wildman–Crippen MR) is 57.2 cm³/mol. The molecule has 2 heterocycles. The van der Waals surface area contributed by atoms with Crippen LogP contribution >= 0.6 is 0 Å². The van der Waals surface area contributed by atoms with Crippen LogP contribution < -0.4 is 4.74 Å². The van der Waals surface area contributed by atoms with Crippen LogP contribution in [-0.4, -0.2) is 15.3 Å². The molecule has 0 aliphatic carbocycles. The third-order valence-electron chi connectivity index (χ3n) is 2.69. The van der Waals surface area contributed by atoms with E-state index in [1.54, 1.807) is 18.3 Å². The van der Waals surface area contributed by atoms with Crippen LogP contribution in [0.2, 0.25) is 0 Å². The molecular formula is C12H10N2O2. The van der Waals surface area contributed by atoms with Gasteiger partial charge in [-0.3, -0.25) is 0 Å². The van der Waals surface area contributed by atoms with E-state index in [-0.39, 0.29) is 11.9 Å². The third-order valence-corrected chi connectivity index (χ3v) is 2.69. The van der Waals surface area contributed by atoms with E-state index in [0.29, 0.717) is 6.42 Å². The molecule has 1 atom stereocenters. The van der Waals surface area contributed by atoms with E-state index < -0.39 is 0 Å². The van der Waals surface area contributed by atoms with Gasteiger partial charge >= 0.3 is 0 Å². The van der Waals surface area contributed by atoms with Gasteiger partial charge in [0.15, 0.2) is 0 Å². The summed E-state index contributed by atoms with van der Waals surface area (Å²) in [6, 6.07) is 9.00. The molecule has 16 heavy (non-hydrogen) atoms. The highest BCUT2D eigenvalue weighted by atomic mass is 16.5. The smallest absolute Gasteiger partial charge is 0.147 e. The number of hydrogen-bond donors (Lipinski definition) is 1. The number of phenols is 1. The average molecular weight is 214 g/mol. The van der Waals surface area contributed by atoms with Gasteiger partial charge in [-0.2, -0.15) is 10.2 Å². The lowest BCUT2D eigenvalue weighted by Crippen LogP contribution is -2.06. The number of fused-ring (bicyclic) bond motifs is 1. The van der Waals surface area contributed by atoms with Crippen LogP contribution in [0.1, 0.15) is 17.4 Å². The Morgan fingerprint density at radius 2 is 2.19 bits per heavy atom. The van der Waals surface area contributed by atoms with E-state index in [2.05, 4.69) is 10.2 Å². The highest BCUT2D eigenvalue weighted by molar-refractivity contribution is 5.47. The summed E-state index contributed by atoms with van der Waals surface area (Å²) in [5.74, 6) is 1.01. The summed E-state index contributed by atoms with van der Waals surface area (Å²) in [6.07, 6.45) is 2.13. The highest BCUT2D eigenvalue weighted by Gasteiger charge is 2.27. The summed E-state index contributed by atoms with van der Waals surface area (Å²) in [4.78, 5) is 0. The highest BCUT2D eigenvalue weighted by Crippen LogP contribution is 2.40. The topological polar surface area (TPSA) is 55.2 Å². The van der Waals surface area contributed by atoms with Gasteiger partial charge in [0.05, 0.1) is 0 Å². The maximum atomic E-state index is 9.68. The fourth-order valence-corrected chi connectivity index (χ4v) is 1.90. The summed E-state index contributed by atoms with van der Waals surface area (Å²) in [5, 5.41) is 17.5. The van der Waals surface area contributed by atoms with Gasteiger partial charge in [-0.15, -0.1) is 0 Å². The molecule has 1 aromatic carbocycles. The largest absolute Gasteiger partial charge is 0.508 e. The first-order valence-electron chi connectivity index (χ1n) is 5.10. The van der Waals surface area contributed by atoms with Gasteiger partial charge in [0.2, 0.25) is 0 Å². The van der Waals surface area contributed by atoms with Crippen molar-refractivity contribution >= 4 is 0 Å². The molecule has 4 heteroatoms. The molecule has 0 saturated carbocycles. The molecular weight excluding hydrogens is 204 g/mol. The van der Waals surface area contributed by atoms with E-state index in [9.17, 15) is 5.11 Å². The first-order chi connectivity index (χ1) is 7.84. The first-order valence-corrected chi connectivity index (χ1v) is 5.10. The Hall–Kier alpha value is -2.10. The first kappa shape index (κ1) is 9.15. The van der Waals surface area contributed by atoms with Gasteiger partial charge in [0.25, 0.3) is 0 Å². The van der Waals surface area contributed by atoms with Crippen LogP contribution in [0.5, 0.6) is 11.5 Å². The van der Waals surface area contributed by atoms with Crippen molar-refractivity contribution in [2.75, 3.05) is 0 Å². The Kier molecular flexibility index (Phi) is 1.99. The number of hydrogen-bond acceptors (Lipinski definition) is 4. The Labute approximate surface area is 92.5 Å². The minimum Gasteiger partial charge on any atom is -0.508 e. The molecule has 0 radical (unpaired) electrons. The second-order valence-electron chi connectivity index (χ2n) is 3.71. The zero-order valence-corrected chi connectivity index (χ0v) is 8.50. The van der Waals surface area contributed by atoms with Crippen molar-refractivity contribution in [1.82, 2.24) is 10.2 Å². The predicted octanol–water partition coefficient (Wildman–Crippen LogP) is 1.86. The lowest BCUT2D eigenvalue weighted by Gasteiger charge is -2.07. The van der Waals surface area contributed by atoms with Crippen LogP contribution in [0.4, 0.5) is 0 Å². The number of aromatic nitrogens is 2. The van der Waals surface area contributed by atoms with E-state index in [4.69, 9.17) is 4.74 Å². The lowest BCUT2D eigenvalue weighted by molar-refractivity contribution is 0.232. The van der Waals surface area contributed by atoms with E-state index in [1.165, 1.54) is 0 Å². The van der Waals surface area contributed by atoms with Crippen LogP contribution in [0, 0.1) is 0 Å². The molecule has 0 amide bonds. The van der Waals surface area contributed by atoms with E-state index in [1.807, 2.05) is 18.2 Å². The molecule has 2 aromatic rings. The zero-order chi connectivity index (χ0) is 11.0. The Morgan fingerprint density at radius 1 is 1.25 bits per heavy atom. The normalized spacial score (nSPS) is 17.9. The van der Waals surface area contributed by atoms with Crippen molar-refractivity contribution in [3.63, 3.8) is 0 Å². The molecule has 3 rings (SSSR count). The summed E-state index contributed by atoms with van der Waals surface area (Å²) in [5.41, 5.74) is 1.64. The molecule has 0 saturated heterocycles. The average Bonchev–Trinajstić information content (AvgIpc) is 2.76. The molecule has 1 aromatic heterocycles. The molecule has 80 valence electrons. The van der Waals surface area contributed by atoms with Crippen LogP contribution in [0.3, 0.4) is 0 Å². The van der Waals surface area contributed by atoms with Crippen molar-refractivity contribution in [2.45, 2.75) is 12.5 Å². The van der Waals surface area contributed by atoms with Gasteiger partial charge in [-0.05, 0) is 24.3 Å². The van der Waals surface area contributed by atoms with Crippen molar-refractivity contribution < 1.29 is 9.84 Å². The minimum absolute atomic E-state index is 0.142. The zero-order valence-electron chi connectivity index (χ0n) is 8.50. The third kappa shape index (κ3) is 1.39. The summed E-state index contributed by atoms with van der Waals surface area (Å²) < 4.78 is 5.71. The van der Waals surface area contributed by atoms with Crippen LogP contribution in [0.15, 0.2) is 36.5 Å². The van der Waals surface area contributed by atoms with Crippen molar-refractivity contribution in [1.29, 1.82) is 0 Å². The fraction of sp³-hybridized carbons (Fsp3) is 0.167. The minimum atomic E-state index is -0.142. The van der Waals surface area contributed by atoms with Gasteiger partial charge in [0, 0.05) is 18.2 Å². The maximum absolute atomic E-state index is 9.68. The Balaban J connectivity index is 1.94. The summed E-state index contributed by atoms with van der Waals surface area (Å²) in [7, 11) is 0. The molecule has 0 bridgehead atoms. The van der Waals surface area contributed by atoms with Crippen LogP contribution in [0.25, 0.3) is 0 Å². The van der Waals surface area contributed by atoms with Crippen LogP contribution in [-0.2, 0) is 6.42 Å². The molecule has 1 unspecified atom stereocenters. The SMILES string of the molecule is Oc1cccc2c1CC(c1cccnn1)O2. The van der Waals surface area contributed by atoms with E-state index in [0.717, 1.165) is 17.0 Å². The molecule has 1 N–H and O–H groups in total. The molecule has 4 nitrogen and oxygen atoms in total. The quantitative estimate of drug-likeness (QED) is 0.787. The van der Waals surface area contributed by atoms with Gasteiger partial charge in [-0.1, -0.05) is 6.07 Å². The number of rotatable bonds is 1. The second-order valence-corrected chi connectivity index (χ2v) is 3.71. The van der Waals surface area contributed by atoms with Gasteiger partial charge in [0.1, 0.15) is 23.3 Å². The lowest BCUT2D eigenvalue weighted by atomic mass is 10.1. The second kappa shape index (κ2) is 3.48. The summed E-state index contributed by atoms with van der Waals surface area (Å²) in [6.45, 7) is 0.